The van der Waals surface area contributed by atoms with E-state index in [1.807, 2.05) is 60.7 Å². The summed E-state index contributed by atoms with van der Waals surface area (Å²) in [6, 6.07) is 19.5. The second-order valence-corrected chi connectivity index (χ2v) is 8.58. The van der Waals surface area contributed by atoms with Gasteiger partial charge in [-0.2, -0.15) is 9.36 Å². The van der Waals surface area contributed by atoms with E-state index < -0.39 is 11.5 Å². The Morgan fingerprint density at radius 1 is 1.03 bits per heavy atom. The third-order valence-electron chi connectivity index (χ3n) is 4.60. The number of hydrogen-bond donors (Lipinski definition) is 1. The number of anilines is 1. The maximum atomic E-state index is 12.9. The number of benzene rings is 2. The van der Waals surface area contributed by atoms with Crippen molar-refractivity contribution in [3.63, 3.8) is 0 Å². The predicted molar refractivity (Wildman–Crippen MR) is 122 cm³/mol. The normalized spacial score (nSPS) is 11.0. The van der Waals surface area contributed by atoms with Crippen molar-refractivity contribution in [1.29, 1.82) is 0 Å². The first kappa shape index (κ1) is 19.3. The number of amides is 1. The van der Waals surface area contributed by atoms with Crippen molar-refractivity contribution in [2.24, 2.45) is 0 Å². The Morgan fingerprint density at radius 3 is 2.55 bits per heavy atom. The second kappa shape index (κ2) is 8.21. The number of nitrogens with zero attached hydrogens (tertiary/aromatic N) is 4. The summed E-state index contributed by atoms with van der Waals surface area (Å²) >= 11 is 2.49. The zero-order valence-corrected chi connectivity index (χ0v) is 17.7. The van der Waals surface area contributed by atoms with Gasteiger partial charge in [-0.15, -0.1) is 11.3 Å². The van der Waals surface area contributed by atoms with Crippen molar-refractivity contribution in [1.82, 2.24) is 18.7 Å². The summed E-state index contributed by atoms with van der Waals surface area (Å²) < 4.78 is 5.69. The van der Waals surface area contributed by atoms with E-state index in [9.17, 15) is 9.59 Å². The van der Waals surface area contributed by atoms with Gasteiger partial charge in [0.2, 0.25) is 5.13 Å². The number of fused-ring (bicyclic) bond motifs is 1. The minimum absolute atomic E-state index is 0.0435. The number of nitrogens with one attached hydrogen (secondary N) is 1. The smallest absolute Gasteiger partial charge is 0.271 e. The summed E-state index contributed by atoms with van der Waals surface area (Å²) in [7, 11) is 0. The number of aromatic nitrogens is 4. The van der Waals surface area contributed by atoms with Crippen molar-refractivity contribution in [2.45, 2.75) is 6.42 Å². The summed E-state index contributed by atoms with van der Waals surface area (Å²) in [5, 5.41) is 2.98. The van der Waals surface area contributed by atoms with Crippen molar-refractivity contribution >= 4 is 38.9 Å². The molecule has 7 nitrogen and oxygen atoms in total. The Hall–Kier alpha value is -3.69. The van der Waals surface area contributed by atoms with Crippen LogP contribution in [-0.2, 0) is 6.42 Å². The van der Waals surface area contributed by atoms with Crippen LogP contribution < -0.4 is 10.9 Å². The van der Waals surface area contributed by atoms with Crippen LogP contribution in [0.3, 0.4) is 0 Å². The van der Waals surface area contributed by atoms with Crippen LogP contribution in [-0.4, -0.2) is 24.6 Å². The molecule has 152 valence electrons. The number of carbonyl (C=O) groups excluding carboxylic acids is 1. The molecular weight excluding hydrogens is 430 g/mol. The van der Waals surface area contributed by atoms with Crippen molar-refractivity contribution in [3.8, 4) is 11.4 Å². The van der Waals surface area contributed by atoms with Crippen LogP contribution in [0, 0.1) is 0 Å². The minimum Gasteiger partial charge on any atom is -0.296 e. The first-order valence-corrected chi connectivity index (χ1v) is 11.0. The first-order valence-electron chi connectivity index (χ1n) is 9.42. The van der Waals surface area contributed by atoms with Crippen LogP contribution in [0.15, 0.2) is 77.9 Å². The fraction of sp³-hybridized carbons (Fsp3) is 0.0455. The van der Waals surface area contributed by atoms with Gasteiger partial charge in [0.25, 0.3) is 11.5 Å². The van der Waals surface area contributed by atoms with Gasteiger partial charge in [0.15, 0.2) is 10.8 Å². The van der Waals surface area contributed by atoms with Crippen LogP contribution in [0.2, 0.25) is 0 Å². The molecule has 0 fully saturated rings. The third-order valence-corrected chi connectivity index (χ3v) is 6.23. The maximum Gasteiger partial charge on any atom is 0.271 e. The molecule has 0 aliphatic carbocycles. The summed E-state index contributed by atoms with van der Waals surface area (Å²) in [6.07, 6.45) is 3.76. The van der Waals surface area contributed by atoms with Gasteiger partial charge < -0.3 is 0 Å². The standard InChI is InChI=1S/C22H15N5O2S2/c28-19(25-21-24-18(26-31-21)15-9-5-2-6-10-15)17-12-23-22-27(20(17)29)13-16(30-22)11-14-7-3-1-4-8-14/h1-10,12-13H,11H2,(H,24,25,26,28). The molecule has 0 unspecified atom stereocenters. The van der Waals surface area contributed by atoms with E-state index in [1.165, 1.54) is 21.9 Å². The number of carbonyl (C=O) groups is 1. The predicted octanol–water partition coefficient (Wildman–Crippen LogP) is 4.12. The molecule has 0 radical (unpaired) electrons. The topological polar surface area (TPSA) is 89.2 Å². The highest BCUT2D eigenvalue weighted by Crippen LogP contribution is 2.21. The van der Waals surface area contributed by atoms with Crippen molar-refractivity contribution in [3.05, 3.63) is 99.4 Å². The Bertz CT molecular complexity index is 1420. The number of hydrogen-bond acceptors (Lipinski definition) is 7. The first-order chi connectivity index (χ1) is 15.2. The Morgan fingerprint density at radius 2 is 1.77 bits per heavy atom. The molecule has 2 aromatic carbocycles. The zero-order chi connectivity index (χ0) is 21.2. The lowest BCUT2D eigenvalue weighted by Gasteiger charge is -2.00. The van der Waals surface area contributed by atoms with Gasteiger partial charge in [0.05, 0.1) is 0 Å². The van der Waals surface area contributed by atoms with E-state index >= 15 is 0 Å². The molecule has 1 N–H and O–H groups in total. The highest BCUT2D eigenvalue weighted by atomic mass is 32.1. The minimum atomic E-state index is -0.557. The largest absolute Gasteiger partial charge is 0.296 e. The fourth-order valence-corrected chi connectivity index (χ4v) is 4.66. The summed E-state index contributed by atoms with van der Waals surface area (Å²) in [5.74, 6) is -0.0342. The van der Waals surface area contributed by atoms with Crippen molar-refractivity contribution < 1.29 is 4.79 Å². The molecule has 5 aromatic rings. The van der Waals surface area contributed by atoms with E-state index in [4.69, 9.17) is 0 Å². The molecule has 0 bridgehead atoms. The van der Waals surface area contributed by atoms with Crippen LogP contribution in [0.25, 0.3) is 16.3 Å². The summed E-state index contributed by atoms with van der Waals surface area (Å²) in [6.45, 7) is 0. The van der Waals surface area contributed by atoms with E-state index in [1.54, 1.807) is 6.20 Å². The molecule has 3 aromatic heterocycles. The highest BCUT2D eigenvalue weighted by molar-refractivity contribution is 7.17. The van der Waals surface area contributed by atoms with Crippen LogP contribution >= 0.6 is 22.9 Å². The number of rotatable bonds is 5. The van der Waals surface area contributed by atoms with Crippen molar-refractivity contribution in [2.75, 3.05) is 5.32 Å². The summed E-state index contributed by atoms with van der Waals surface area (Å²) in [4.78, 5) is 35.8. The van der Waals surface area contributed by atoms with E-state index in [2.05, 4.69) is 19.7 Å². The molecule has 0 aliphatic rings. The van der Waals surface area contributed by atoms with Gasteiger partial charge >= 0.3 is 0 Å². The fourth-order valence-electron chi connectivity index (χ4n) is 3.11. The average molecular weight is 446 g/mol. The molecule has 3 heterocycles. The van der Waals surface area contributed by atoms with Gasteiger partial charge in [-0.3, -0.25) is 19.3 Å². The lowest BCUT2D eigenvalue weighted by molar-refractivity contribution is 0.102. The molecule has 0 saturated heterocycles. The van der Waals surface area contributed by atoms with Crippen LogP contribution in [0.4, 0.5) is 5.13 Å². The zero-order valence-electron chi connectivity index (χ0n) is 16.1. The van der Waals surface area contributed by atoms with Gasteiger partial charge in [-0.25, -0.2) is 4.98 Å². The maximum absolute atomic E-state index is 12.9. The van der Waals surface area contributed by atoms with Gasteiger partial charge in [-0.1, -0.05) is 60.7 Å². The Kier molecular flexibility index (Phi) is 5.11. The monoisotopic (exact) mass is 445 g/mol. The van der Waals surface area contributed by atoms with E-state index in [0.717, 1.165) is 27.5 Å². The van der Waals surface area contributed by atoms with Gasteiger partial charge in [0, 0.05) is 40.8 Å². The molecule has 0 spiro atoms. The molecule has 0 saturated carbocycles. The van der Waals surface area contributed by atoms with E-state index in [0.29, 0.717) is 22.3 Å². The molecule has 0 atom stereocenters. The Labute approximate surface area is 184 Å². The highest BCUT2D eigenvalue weighted by Gasteiger charge is 2.17. The second-order valence-electron chi connectivity index (χ2n) is 6.73. The van der Waals surface area contributed by atoms with Gasteiger partial charge in [-0.05, 0) is 5.56 Å². The lowest BCUT2D eigenvalue weighted by Crippen LogP contribution is -2.25. The number of thiazole rings is 1. The molecular formula is C22H15N5O2S2. The van der Waals surface area contributed by atoms with Crippen LogP contribution in [0.1, 0.15) is 20.8 Å². The summed E-state index contributed by atoms with van der Waals surface area (Å²) in [5.41, 5.74) is 1.54. The average Bonchev–Trinajstić information content (AvgIpc) is 3.42. The quantitative estimate of drug-likeness (QED) is 0.440. The molecule has 9 heteroatoms. The molecule has 5 rings (SSSR count). The van der Waals surface area contributed by atoms with E-state index in [-0.39, 0.29) is 5.56 Å². The molecule has 0 aliphatic heterocycles. The molecule has 1 amide bonds. The lowest BCUT2D eigenvalue weighted by atomic mass is 10.1. The SMILES string of the molecule is O=C(Nc1nc(-c2ccccc2)ns1)c1cnc2sc(Cc3ccccc3)cn2c1=O. The van der Waals surface area contributed by atoms with Gasteiger partial charge in [0.1, 0.15) is 5.56 Å². The molecule has 31 heavy (non-hydrogen) atoms. The third kappa shape index (κ3) is 4.00. The van der Waals surface area contributed by atoms with Crippen LogP contribution in [0.5, 0.6) is 0 Å². The Balaban J connectivity index is 1.38.